The van der Waals surface area contributed by atoms with E-state index in [0.29, 0.717) is 12.1 Å². The van der Waals surface area contributed by atoms with Crippen molar-refractivity contribution in [3.8, 4) is 11.5 Å². The number of rotatable bonds is 6. The van der Waals surface area contributed by atoms with Gasteiger partial charge in [0.1, 0.15) is 11.5 Å². The van der Waals surface area contributed by atoms with Gasteiger partial charge in [-0.15, -0.1) is 0 Å². The Morgan fingerprint density at radius 2 is 1.66 bits per heavy atom. The second kappa shape index (κ2) is 8.21. The second-order valence-electron chi connectivity index (χ2n) is 7.68. The van der Waals surface area contributed by atoms with Crippen LogP contribution in [0.1, 0.15) is 21.5 Å². The summed E-state index contributed by atoms with van der Waals surface area (Å²) in [4.78, 5) is 12.2. The molecule has 5 aromatic rings. The molecule has 3 N–H and O–H groups in total. The van der Waals surface area contributed by atoms with Gasteiger partial charge in [0.2, 0.25) is 5.91 Å². The quantitative estimate of drug-likeness (QED) is 0.393. The van der Waals surface area contributed by atoms with E-state index in [9.17, 15) is 9.90 Å². The van der Waals surface area contributed by atoms with Crippen LogP contribution in [-0.2, 0) is 13.2 Å². The van der Waals surface area contributed by atoms with Crippen LogP contribution in [-0.4, -0.2) is 15.6 Å². The molecule has 0 spiro atoms. The highest BCUT2D eigenvalue weighted by Gasteiger charge is 2.18. The molecule has 0 saturated carbocycles. The highest BCUT2D eigenvalue weighted by Crippen LogP contribution is 2.34. The monoisotopic (exact) mass is 422 g/mol. The molecule has 0 aliphatic carbocycles. The summed E-state index contributed by atoms with van der Waals surface area (Å²) in [5, 5.41) is 11.4. The molecular formula is C27H22N2O3. The largest absolute Gasteiger partial charge is 0.457 e. The van der Waals surface area contributed by atoms with Crippen LogP contribution in [0.25, 0.3) is 21.8 Å². The van der Waals surface area contributed by atoms with Gasteiger partial charge < -0.3 is 20.1 Å². The van der Waals surface area contributed by atoms with Crippen molar-refractivity contribution in [3.63, 3.8) is 0 Å². The number of ether oxygens (including phenoxy) is 1. The number of amides is 1. The number of aliphatic hydroxyl groups is 1. The highest BCUT2D eigenvalue weighted by molar-refractivity contribution is 6.18. The van der Waals surface area contributed by atoms with Crippen LogP contribution >= 0.6 is 0 Å². The zero-order valence-electron chi connectivity index (χ0n) is 17.4. The maximum atomic E-state index is 12.2. The average Bonchev–Trinajstić information content (AvgIpc) is 3.13. The first kappa shape index (κ1) is 19.8. The predicted molar refractivity (Wildman–Crippen MR) is 126 cm³/mol. The van der Waals surface area contributed by atoms with Crippen LogP contribution in [0, 0.1) is 0 Å². The lowest BCUT2D eigenvalue weighted by atomic mass is 10.0. The SMILES string of the molecule is NC(=O)c1cccc2c1c1ccc(CO)cc1n2Cc1ccccc1Oc1ccccc1. The van der Waals surface area contributed by atoms with Crippen molar-refractivity contribution in [2.45, 2.75) is 13.2 Å². The number of aromatic nitrogens is 1. The smallest absolute Gasteiger partial charge is 0.249 e. The van der Waals surface area contributed by atoms with Crippen LogP contribution in [0.5, 0.6) is 11.5 Å². The summed E-state index contributed by atoms with van der Waals surface area (Å²) in [5.41, 5.74) is 9.80. The van der Waals surface area contributed by atoms with Crippen LogP contribution in [0.3, 0.4) is 0 Å². The minimum atomic E-state index is -0.464. The third kappa shape index (κ3) is 3.49. The van der Waals surface area contributed by atoms with Gasteiger partial charge in [-0.1, -0.05) is 54.6 Å². The third-order valence-electron chi connectivity index (χ3n) is 5.68. The molecule has 158 valence electrons. The fourth-order valence-corrected chi connectivity index (χ4v) is 4.18. The summed E-state index contributed by atoms with van der Waals surface area (Å²) in [6, 6.07) is 28.9. The fraction of sp³-hybridized carbons (Fsp3) is 0.0741. The Morgan fingerprint density at radius 1 is 0.875 bits per heavy atom. The summed E-state index contributed by atoms with van der Waals surface area (Å²) >= 11 is 0. The molecule has 0 atom stereocenters. The summed E-state index contributed by atoms with van der Waals surface area (Å²) in [5.74, 6) is 1.06. The highest BCUT2D eigenvalue weighted by atomic mass is 16.5. The molecule has 0 saturated heterocycles. The van der Waals surface area contributed by atoms with Gasteiger partial charge in [0, 0.05) is 27.4 Å². The molecule has 1 heterocycles. The molecule has 1 amide bonds. The van der Waals surface area contributed by atoms with Crippen molar-refractivity contribution < 1.29 is 14.6 Å². The minimum Gasteiger partial charge on any atom is -0.457 e. The van der Waals surface area contributed by atoms with Crippen LogP contribution in [0.15, 0.2) is 91.0 Å². The van der Waals surface area contributed by atoms with Crippen molar-refractivity contribution in [3.05, 3.63) is 108 Å². The third-order valence-corrected chi connectivity index (χ3v) is 5.68. The second-order valence-corrected chi connectivity index (χ2v) is 7.68. The van der Waals surface area contributed by atoms with E-state index in [1.165, 1.54) is 0 Å². The van der Waals surface area contributed by atoms with Crippen molar-refractivity contribution in [2.24, 2.45) is 5.73 Å². The van der Waals surface area contributed by atoms with E-state index in [-0.39, 0.29) is 6.61 Å². The van der Waals surface area contributed by atoms with E-state index < -0.39 is 5.91 Å². The Kier molecular flexibility index (Phi) is 5.09. The minimum absolute atomic E-state index is 0.0617. The number of carbonyl (C=O) groups is 1. The number of aliphatic hydroxyl groups excluding tert-OH is 1. The number of nitrogens with zero attached hydrogens (tertiary/aromatic N) is 1. The fourth-order valence-electron chi connectivity index (χ4n) is 4.18. The zero-order chi connectivity index (χ0) is 22.1. The Labute approximate surface area is 185 Å². The molecule has 0 aliphatic rings. The number of hydrogen-bond donors (Lipinski definition) is 2. The predicted octanol–water partition coefficient (Wildman–Crippen LogP) is 5.23. The summed E-state index contributed by atoms with van der Waals surface area (Å²) in [6.45, 7) is 0.466. The molecule has 1 aromatic heterocycles. The lowest BCUT2D eigenvalue weighted by molar-refractivity contribution is 0.100. The number of fused-ring (bicyclic) bond motifs is 3. The Hall–Kier alpha value is -4.09. The topological polar surface area (TPSA) is 77.5 Å². The molecule has 0 aliphatic heterocycles. The molecule has 0 unspecified atom stereocenters. The lowest BCUT2D eigenvalue weighted by Gasteiger charge is -2.14. The number of para-hydroxylation sites is 2. The van der Waals surface area contributed by atoms with Crippen molar-refractivity contribution in [1.82, 2.24) is 4.57 Å². The first-order valence-electron chi connectivity index (χ1n) is 10.4. The van der Waals surface area contributed by atoms with Gasteiger partial charge >= 0.3 is 0 Å². The molecule has 0 bridgehead atoms. The van der Waals surface area contributed by atoms with Gasteiger partial charge in [-0.25, -0.2) is 0 Å². The van der Waals surface area contributed by atoms with E-state index in [2.05, 4.69) is 4.57 Å². The number of carbonyl (C=O) groups excluding carboxylic acids is 1. The van der Waals surface area contributed by atoms with Crippen LogP contribution in [0.4, 0.5) is 0 Å². The van der Waals surface area contributed by atoms with Crippen molar-refractivity contribution in [1.29, 1.82) is 0 Å². The molecule has 5 nitrogen and oxygen atoms in total. The van der Waals surface area contributed by atoms with Crippen molar-refractivity contribution >= 4 is 27.7 Å². The first-order chi connectivity index (χ1) is 15.7. The number of nitrogens with two attached hydrogens (primary N) is 1. The van der Waals surface area contributed by atoms with Gasteiger partial charge in [-0.2, -0.15) is 0 Å². The van der Waals surface area contributed by atoms with E-state index in [1.807, 2.05) is 84.9 Å². The standard InChI is InChI=1S/C27H22N2O3/c28-27(31)22-10-6-11-23-26(22)21-14-13-18(17-30)15-24(21)29(23)16-19-7-4-5-12-25(19)32-20-8-2-1-3-9-20/h1-15,30H,16-17H2,(H2,28,31). The number of primary amides is 1. The van der Waals surface area contributed by atoms with Gasteiger partial charge in [-0.3, -0.25) is 4.79 Å². The number of hydrogen-bond acceptors (Lipinski definition) is 3. The molecule has 5 heteroatoms. The van der Waals surface area contributed by atoms with E-state index >= 15 is 0 Å². The van der Waals surface area contributed by atoms with Gasteiger partial charge in [0.15, 0.2) is 0 Å². The lowest BCUT2D eigenvalue weighted by Crippen LogP contribution is -2.11. The summed E-state index contributed by atoms with van der Waals surface area (Å²) in [7, 11) is 0. The molecule has 32 heavy (non-hydrogen) atoms. The molecular weight excluding hydrogens is 400 g/mol. The molecule has 5 rings (SSSR count). The first-order valence-corrected chi connectivity index (χ1v) is 10.4. The maximum absolute atomic E-state index is 12.2. The Balaban J connectivity index is 1.70. The van der Waals surface area contributed by atoms with Crippen LogP contribution in [0.2, 0.25) is 0 Å². The molecule has 4 aromatic carbocycles. The summed E-state index contributed by atoms with van der Waals surface area (Å²) in [6.07, 6.45) is 0. The normalized spacial score (nSPS) is 11.2. The van der Waals surface area contributed by atoms with Crippen LogP contribution < -0.4 is 10.5 Å². The molecule has 0 radical (unpaired) electrons. The Morgan fingerprint density at radius 3 is 2.44 bits per heavy atom. The summed E-state index contributed by atoms with van der Waals surface area (Å²) < 4.78 is 8.30. The van der Waals surface area contributed by atoms with Gasteiger partial charge in [0.05, 0.1) is 18.7 Å². The van der Waals surface area contributed by atoms with Gasteiger partial charge in [0.25, 0.3) is 0 Å². The van der Waals surface area contributed by atoms with Gasteiger partial charge in [-0.05, 0) is 42.0 Å². The van der Waals surface area contributed by atoms with E-state index in [1.54, 1.807) is 6.07 Å². The zero-order valence-corrected chi connectivity index (χ0v) is 17.4. The average molecular weight is 422 g/mol. The van der Waals surface area contributed by atoms with Crippen molar-refractivity contribution in [2.75, 3.05) is 0 Å². The Bertz CT molecular complexity index is 1440. The number of benzene rings is 4. The van der Waals surface area contributed by atoms with E-state index in [0.717, 1.165) is 44.4 Å². The molecule has 0 fully saturated rings. The maximum Gasteiger partial charge on any atom is 0.249 e. The van der Waals surface area contributed by atoms with E-state index in [4.69, 9.17) is 10.5 Å².